The number of likely N-dealkylation sites (N-methyl/N-ethyl adjacent to an activating group) is 1. The number of aryl methyl sites for hydroxylation is 1. The molecule has 0 bridgehead atoms. The summed E-state index contributed by atoms with van der Waals surface area (Å²) in [4.78, 5) is 32.6. The van der Waals surface area contributed by atoms with Crippen molar-refractivity contribution in [2.75, 3.05) is 67.6 Å². The monoisotopic (exact) mass is 608 g/mol. The van der Waals surface area contributed by atoms with E-state index in [2.05, 4.69) is 22.4 Å². The van der Waals surface area contributed by atoms with Gasteiger partial charge in [0.05, 0.1) is 30.8 Å². The number of rotatable bonds is 8. The van der Waals surface area contributed by atoms with E-state index in [0.29, 0.717) is 45.1 Å². The van der Waals surface area contributed by atoms with Crippen molar-refractivity contribution >= 4 is 23.4 Å². The van der Waals surface area contributed by atoms with Crippen LogP contribution in [-0.4, -0.2) is 103 Å². The van der Waals surface area contributed by atoms with E-state index in [-0.39, 0.29) is 42.8 Å². The predicted molar refractivity (Wildman–Crippen MR) is 163 cm³/mol. The van der Waals surface area contributed by atoms with Crippen molar-refractivity contribution in [3.05, 3.63) is 53.5 Å². The Morgan fingerprint density at radius 2 is 2.00 bits per heavy atom. The van der Waals surface area contributed by atoms with Crippen molar-refractivity contribution in [1.29, 1.82) is 5.26 Å². The van der Waals surface area contributed by atoms with Gasteiger partial charge in [-0.15, -0.1) is 0 Å². The number of anilines is 3. The Morgan fingerprint density at radius 1 is 1.18 bits per heavy atom. The molecule has 2 saturated heterocycles. The maximum atomic E-state index is 14.3. The van der Waals surface area contributed by atoms with Crippen LogP contribution < -0.4 is 14.7 Å². The topological polar surface area (TPSA) is 82.8 Å². The number of aromatic nitrogens is 2. The summed E-state index contributed by atoms with van der Waals surface area (Å²) in [5.41, 5.74) is 4.17. The lowest BCUT2D eigenvalue weighted by atomic mass is 9.88. The van der Waals surface area contributed by atoms with Gasteiger partial charge in [-0.2, -0.15) is 10.2 Å². The first kappa shape index (κ1) is 30.2. The molecule has 0 unspecified atom stereocenters. The van der Waals surface area contributed by atoms with Crippen LogP contribution in [-0.2, 0) is 24.1 Å². The molecule has 4 aliphatic rings. The molecule has 1 aliphatic carbocycles. The Morgan fingerprint density at radius 3 is 2.75 bits per heavy atom. The number of amides is 1. The average molecular weight is 609 g/mol. The molecule has 1 aromatic heterocycles. The molecule has 44 heavy (non-hydrogen) atoms. The minimum Gasteiger partial charge on any atom is -0.368 e. The molecule has 234 valence electrons. The van der Waals surface area contributed by atoms with Crippen LogP contribution >= 0.6 is 0 Å². The van der Waals surface area contributed by atoms with E-state index in [1.54, 1.807) is 22.9 Å². The molecule has 0 saturated carbocycles. The molecule has 1 aromatic carbocycles. The van der Waals surface area contributed by atoms with E-state index in [1.807, 2.05) is 11.0 Å². The summed E-state index contributed by atoms with van der Waals surface area (Å²) in [5.74, 6) is 0.985. The number of carbonyl (C=O) groups is 1. The van der Waals surface area contributed by atoms with E-state index in [0.717, 1.165) is 55.0 Å². The van der Waals surface area contributed by atoms with Gasteiger partial charge in [-0.25, -0.2) is 18.2 Å². The number of fused-ring (bicyclic) bond motifs is 2. The van der Waals surface area contributed by atoms with Crippen LogP contribution in [0.2, 0.25) is 0 Å². The SMILES string of the molecule is C=CC(=O)N1CCN(c2nc(N3CC(N(C)CC(F)F)C3)nc3c2CC[C@@H](N2CCCc4ccc(F)cc42)C3)C[C@@H]1CC#N. The number of nitriles is 1. The minimum absolute atomic E-state index is 0.00644. The molecule has 9 nitrogen and oxygen atoms in total. The second-order valence-corrected chi connectivity index (χ2v) is 12.3. The zero-order valence-electron chi connectivity index (χ0n) is 25.1. The largest absolute Gasteiger partial charge is 0.368 e. The van der Waals surface area contributed by atoms with Gasteiger partial charge in [0.15, 0.2) is 0 Å². The Balaban J connectivity index is 1.30. The fourth-order valence-corrected chi connectivity index (χ4v) is 7.19. The van der Waals surface area contributed by atoms with E-state index in [9.17, 15) is 23.2 Å². The Bertz CT molecular complexity index is 1440. The van der Waals surface area contributed by atoms with Crippen LogP contribution in [0.25, 0.3) is 0 Å². The zero-order valence-corrected chi connectivity index (χ0v) is 25.1. The van der Waals surface area contributed by atoms with Crippen molar-refractivity contribution in [1.82, 2.24) is 19.8 Å². The summed E-state index contributed by atoms with van der Waals surface area (Å²) in [5, 5.41) is 9.52. The number of carbonyl (C=O) groups excluding carboxylic acids is 1. The first-order valence-corrected chi connectivity index (χ1v) is 15.5. The predicted octanol–water partition coefficient (Wildman–Crippen LogP) is 3.43. The highest BCUT2D eigenvalue weighted by Crippen LogP contribution is 2.37. The first-order chi connectivity index (χ1) is 21.2. The molecule has 4 heterocycles. The van der Waals surface area contributed by atoms with Crippen LogP contribution in [0.4, 0.5) is 30.6 Å². The lowest BCUT2D eigenvalue weighted by Gasteiger charge is -2.46. The Kier molecular flexibility index (Phi) is 8.67. The number of hydrogen-bond donors (Lipinski definition) is 0. The molecule has 6 rings (SSSR count). The smallest absolute Gasteiger partial charge is 0.251 e. The average Bonchev–Trinajstić information content (AvgIpc) is 2.98. The van der Waals surface area contributed by atoms with Gasteiger partial charge in [-0.3, -0.25) is 9.69 Å². The molecule has 2 aromatic rings. The summed E-state index contributed by atoms with van der Waals surface area (Å²) in [6.45, 7) is 6.81. The fourth-order valence-electron chi connectivity index (χ4n) is 7.19. The summed E-state index contributed by atoms with van der Waals surface area (Å²) >= 11 is 0. The highest BCUT2D eigenvalue weighted by atomic mass is 19.3. The highest BCUT2D eigenvalue weighted by molar-refractivity contribution is 5.87. The lowest BCUT2D eigenvalue weighted by molar-refractivity contribution is -0.128. The Labute approximate surface area is 256 Å². The third-order valence-corrected chi connectivity index (χ3v) is 9.62. The number of piperazine rings is 1. The number of nitrogens with zero attached hydrogens (tertiary/aromatic N) is 8. The third kappa shape index (κ3) is 5.94. The molecule has 0 N–H and O–H groups in total. The van der Waals surface area contributed by atoms with Crippen LogP contribution in [0, 0.1) is 17.1 Å². The van der Waals surface area contributed by atoms with Crippen molar-refractivity contribution in [2.24, 2.45) is 0 Å². The van der Waals surface area contributed by atoms with E-state index >= 15 is 0 Å². The molecular weight excluding hydrogens is 569 g/mol. The van der Waals surface area contributed by atoms with Gasteiger partial charge in [-0.05, 0) is 56.5 Å². The second-order valence-electron chi connectivity index (χ2n) is 12.3. The van der Waals surface area contributed by atoms with Gasteiger partial charge in [0.25, 0.3) is 6.43 Å². The molecule has 12 heteroatoms. The standard InChI is InChI=1S/C32H39F3N8O/c1-3-30(44)43-14-13-40(17-24(43)10-11-36)31-26-9-8-23(42-12-4-5-21-6-7-22(33)15-28(21)42)16-27(26)37-32(38-31)41-18-25(19-41)39(2)20-29(34)35/h3,6-7,15,23-25,29H,1,4-5,8-10,12-14,16-20H2,2H3/t23-,24+/m1/s1. The molecule has 2 fully saturated rings. The van der Waals surface area contributed by atoms with E-state index in [4.69, 9.17) is 9.97 Å². The van der Waals surface area contributed by atoms with Gasteiger partial charge < -0.3 is 19.6 Å². The van der Waals surface area contributed by atoms with Gasteiger partial charge in [-0.1, -0.05) is 12.6 Å². The van der Waals surface area contributed by atoms with Crippen LogP contribution in [0.15, 0.2) is 30.9 Å². The van der Waals surface area contributed by atoms with Gasteiger partial charge >= 0.3 is 0 Å². The lowest BCUT2D eigenvalue weighted by Crippen LogP contribution is -2.60. The van der Waals surface area contributed by atoms with Crippen LogP contribution in [0.1, 0.15) is 36.1 Å². The maximum absolute atomic E-state index is 14.3. The van der Waals surface area contributed by atoms with Crippen molar-refractivity contribution < 1.29 is 18.0 Å². The summed E-state index contributed by atoms with van der Waals surface area (Å²) in [6.07, 6.45) is 3.37. The number of alkyl halides is 2. The molecule has 0 radical (unpaired) electrons. The number of hydrogen-bond acceptors (Lipinski definition) is 8. The van der Waals surface area contributed by atoms with E-state index < -0.39 is 6.43 Å². The van der Waals surface area contributed by atoms with Gasteiger partial charge in [0, 0.05) is 69.0 Å². The third-order valence-electron chi connectivity index (χ3n) is 9.62. The minimum atomic E-state index is -2.39. The number of halogens is 3. The Hall–Kier alpha value is -3.85. The van der Waals surface area contributed by atoms with Crippen molar-refractivity contribution in [3.63, 3.8) is 0 Å². The quantitative estimate of drug-likeness (QED) is 0.422. The van der Waals surface area contributed by atoms with Crippen LogP contribution in [0.3, 0.4) is 0 Å². The first-order valence-electron chi connectivity index (χ1n) is 15.5. The number of benzene rings is 1. The van der Waals surface area contributed by atoms with Crippen LogP contribution in [0.5, 0.6) is 0 Å². The zero-order chi connectivity index (χ0) is 31.0. The summed E-state index contributed by atoms with van der Waals surface area (Å²) < 4.78 is 40.3. The molecule has 2 atom stereocenters. The van der Waals surface area contributed by atoms with E-state index in [1.165, 1.54) is 17.7 Å². The molecule has 0 spiro atoms. The highest BCUT2D eigenvalue weighted by Gasteiger charge is 2.38. The summed E-state index contributed by atoms with van der Waals surface area (Å²) in [7, 11) is 1.72. The van der Waals surface area contributed by atoms with Gasteiger partial charge in [0.1, 0.15) is 11.6 Å². The molecular formula is C32H39F3N8O. The fraction of sp³-hybridized carbons (Fsp3) is 0.562. The second kappa shape index (κ2) is 12.6. The maximum Gasteiger partial charge on any atom is 0.251 e. The molecule has 3 aliphatic heterocycles. The molecule has 1 amide bonds. The summed E-state index contributed by atoms with van der Waals surface area (Å²) in [6, 6.07) is 7.17. The van der Waals surface area contributed by atoms with Crippen molar-refractivity contribution in [2.45, 2.75) is 63.1 Å². The normalized spacial score (nSPS) is 22.0. The van der Waals surface area contributed by atoms with Gasteiger partial charge in [0.2, 0.25) is 11.9 Å². The van der Waals surface area contributed by atoms with Crippen molar-refractivity contribution in [3.8, 4) is 6.07 Å².